The molecule has 0 atom stereocenters. The molecule has 4 rings (SSSR count). The van der Waals surface area contributed by atoms with Gasteiger partial charge in [0.2, 0.25) is 0 Å². The first kappa shape index (κ1) is 22.0. The monoisotopic (exact) mass is 464 g/mol. The zero-order valence-corrected chi connectivity index (χ0v) is 18.6. The van der Waals surface area contributed by atoms with Gasteiger partial charge in [0.1, 0.15) is 11.5 Å². The molecule has 168 valence electrons. The van der Waals surface area contributed by atoms with Crippen LogP contribution in [0.25, 0.3) is 10.9 Å². The van der Waals surface area contributed by atoms with Gasteiger partial charge in [0.15, 0.2) is 11.5 Å². The number of anilines is 3. The lowest BCUT2D eigenvalue weighted by molar-refractivity contribution is 0.262. The standard InChI is InChI=1S/C24H21ClN4O4/c1-31-22-12-17-20(13-23(22)32-2)27-10-9-21(17)33-16-6-4-15(5-7-16)28-24(30)29-19-8-3-14(25)11-18(19)26/h3-13H,26H2,1-2H3,(H2,28,29,30). The number of halogens is 1. The molecule has 0 saturated heterocycles. The van der Waals surface area contributed by atoms with E-state index in [-0.39, 0.29) is 0 Å². The molecule has 0 aliphatic carbocycles. The first-order chi connectivity index (χ1) is 16.0. The van der Waals surface area contributed by atoms with Gasteiger partial charge < -0.3 is 30.6 Å². The van der Waals surface area contributed by atoms with Crippen LogP contribution in [0.5, 0.6) is 23.0 Å². The van der Waals surface area contributed by atoms with E-state index in [9.17, 15) is 4.79 Å². The number of hydrogen-bond donors (Lipinski definition) is 3. The van der Waals surface area contributed by atoms with Gasteiger partial charge in [0, 0.05) is 28.4 Å². The van der Waals surface area contributed by atoms with Crippen molar-refractivity contribution < 1.29 is 19.0 Å². The molecule has 0 bridgehead atoms. The van der Waals surface area contributed by atoms with Crippen LogP contribution < -0.4 is 30.6 Å². The number of rotatable bonds is 6. The SMILES string of the molecule is COc1cc2nccc(Oc3ccc(NC(=O)Nc4ccc(Cl)cc4N)cc3)c2cc1OC. The summed E-state index contributed by atoms with van der Waals surface area (Å²) in [5, 5.41) is 6.70. The van der Waals surface area contributed by atoms with E-state index < -0.39 is 6.03 Å². The summed E-state index contributed by atoms with van der Waals surface area (Å²) in [5.74, 6) is 2.36. The number of nitrogens with two attached hydrogens (primary N) is 1. The molecule has 1 heterocycles. The first-order valence-corrected chi connectivity index (χ1v) is 10.3. The fourth-order valence-corrected chi connectivity index (χ4v) is 3.38. The largest absolute Gasteiger partial charge is 0.493 e. The number of carbonyl (C=O) groups is 1. The highest BCUT2D eigenvalue weighted by molar-refractivity contribution is 6.31. The van der Waals surface area contributed by atoms with E-state index in [0.717, 1.165) is 5.39 Å². The van der Waals surface area contributed by atoms with Crippen LogP contribution in [0, 0.1) is 0 Å². The van der Waals surface area contributed by atoms with E-state index in [1.165, 1.54) is 0 Å². The molecule has 0 aliphatic heterocycles. The number of carbonyl (C=O) groups excluding carboxylic acids is 1. The van der Waals surface area contributed by atoms with Crippen molar-refractivity contribution in [3.05, 3.63) is 71.9 Å². The number of methoxy groups -OCH3 is 2. The average Bonchev–Trinajstić information content (AvgIpc) is 2.81. The molecule has 0 saturated carbocycles. The summed E-state index contributed by atoms with van der Waals surface area (Å²) in [4.78, 5) is 16.7. The lowest BCUT2D eigenvalue weighted by Crippen LogP contribution is -2.20. The summed E-state index contributed by atoms with van der Waals surface area (Å²) < 4.78 is 16.8. The Bertz CT molecular complexity index is 1310. The highest BCUT2D eigenvalue weighted by atomic mass is 35.5. The Morgan fingerprint density at radius 1 is 0.909 bits per heavy atom. The van der Waals surface area contributed by atoms with Crippen molar-refractivity contribution in [3.63, 3.8) is 0 Å². The fourth-order valence-electron chi connectivity index (χ4n) is 3.20. The number of urea groups is 1. The summed E-state index contributed by atoms with van der Waals surface area (Å²) in [5.41, 5.74) is 8.00. The van der Waals surface area contributed by atoms with Crippen LogP contribution in [0.15, 0.2) is 66.9 Å². The Balaban J connectivity index is 1.47. The van der Waals surface area contributed by atoms with Crippen molar-refractivity contribution in [1.29, 1.82) is 0 Å². The van der Waals surface area contributed by atoms with Crippen LogP contribution in [-0.2, 0) is 0 Å². The van der Waals surface area contributed by atoms with Gasteiger partial charge in [-0.15, -0.1) is 0 Å². The van der Waals surface area contributed by atoms with Gasteiger partial charge in [-0.05, 0) is 54.6 Å². The van der Waals surface area contributed by atoms with Crippen LogP contribution in [0.3, 0.4) is 0 Å². The fraction of sp³-hybridized carbons (Fsp3) is 0.0833. The summed E-state index contributed by atoms with van der Waals surface area (Å²) in [6, 6.07) is 16.8. The smallest absolute Gasteiger partial charge is 0.323 e. The number of benzene rings is 3. The maximum Gasteiger partial charge on any atom is 0.323 e. The van der Waals surface area contributed by atoms with Gasteiger partial charge in [0.05, 0.1) is 31.1 Å². The molecule has 0 radical (unpaired) electrons. The number of fused-ring (bicyclic) bond motifs is 1. The minimum atomic E-state index is -0.432. The second kappa shape index (κ2) is 9.54. The number of ether oxygens (including phenoxy) is 3. The van der Waals surface area contributed by atoms with Gasteiger partial charge in [0.25, 0.3) is 0 Å². The van der Waals surface area contributed by atoms with Crippen molar-refractivity contribution in [3.8, 4) is 23.0 Å². The predicted octanol–water partition coefficient (Wildman–Crippen LogP) is 5.92. The zero-order chi connectivity index (χ0) is 23.4. The average molecular weight is 465 g/mol. The van der Waals surface area contributed by atoms with Crippen LogP contribution in [-0.4, -0.2) is 25.2 Å². The summed E-state index contributed by atoms with van der Waals surface area (Å²) in [6.45, 7) is 0. The molecule has 0 aliphatic rings. The molecule has 0 unspecified atom stereocenters. The lowest BCUT2D eigenvalue weighted by Gasteiger charge is -2.13. The van der Waals surface area contributed by atoms with Crippen molar-refractivity contribution in [2.45, 2.75) is 0 Å². The van der Waals surface area contributed by atoms with Crippen LogP contribution in [0.2, 0.25) is 5.02 Å². The van der Waals surface area contributed by atoms with E-state index in [1.54, 1.807) is 75.0 Å². The van der Waals surface area contributed by atoms with E-state index in [0.29, 0.717) is 50.6 Å². The van der Waals surface area contributed by atoms with Crippen molar-refractivity contribution in [2.75, 3.05) is 30.6 Å². The third-order valence-corrected chi connectivity index (χ3v) is 5.04. The van der Waals surface area contributed by atoms with Crippen LogP contribution in [0.4, 0.5) is 21.9 Å². The Morgan fingerprint density at radius 2 is 1.64 bits per heavy atom. The Kier molecular flexibility index (Phi) is 6.37. The Labute approximate surface area is 195 Å². The molecule has 4 N–H and O–H groups in total. The maximum absolute atomic E-state index is 12.3. The van der Waals surface area contributed by atoms with Gasteiger partial charge in [-0.3, -0.25) is 4.98 Å². The molecule has 8 nitrogen and oxygen atoms in total. The van der Waals surface area contributed by atoms with Crippen molar-refractivity contribution in [2.24, 2.45) is 0 Å². The van der Waals surface area contributed by atoms with Gasteiger partial charge in [-0.2, -0.15) is 0 Å². The molecule has 4 aromatic rings. The van der Waals surface area contributed by atoms with E-state index in [4.69, 9.17) is 31.5 Å². The summed E-state index contributed by atoms with van der Waals surface area (Å²) >= 11 is 5.88. The molecule has 33 heavy (non-hydrogen) atoms. The van der Waals surface area contributed by atoms with E-state index >= 15 is 0 Å². The predicted molar refractivity (Wildman–Crippen MR) is 130 cm³/mol. The van der Waals surface area contributed by atoms with Crippen LogP contribution in [0.1, 0.15) is 0 Å². The number of nitrogen functional groups attached to an aromatic ring is 1. The number of amides is 2. The van der Waals surface area contributed by atoms with Gasteiger partial charge in [-0.1, -0.05) is 11.6 Å². The highest BCUT2D eigenvalue weighted by Gasteiger charge is 2.12. The molecule has 2 amide bonds. The lowest BCUT2D eigenvalue weighted by atomic mass is 10.2. The molecule has 0 spiro atoms. The van der Waals surface area contributed by atoms with Crippen LogP contribution >= 0.6 is 11.6 Å². The first-order valence-electron chi connectivity index (χ1n) is 9.88. The van der Waals surface area contributed by atoms with Crippen molar-refractivity contribution >= 4 is 45.6 Å². The minimum absolute atomic E-state index is 0.375. The maximum atomic E-state index is 12.3. The molecule has 0 fully saturated rings. The highest BCUT2D eigenvalue weighted by Crippen LogP contribution is 2.37. The second-order valence-corrected chi connectivity index (χ2v) is 7.41. The molecular weight excluding hydrogens is 444 g/mol. The quantitative estimate of drug-likeness (QED) is 0.305. The zero-order valence-electron chi connectivity index (χ0n) is 17.9. The number of pyridine rings is 1. The Morgan fingerprint density at radius 3 is 2.33 bits per heavy atom. The minimum Gasteiger partial charge on any atom is -0.493 e. The number of hydrogen-bond acceptors (Lipinski definition) is 6. The third kappa shape index (κ3) is 5.02. The van der Waals surface area contributed by atoms with Crippen molar-refractivity contribution in [1.82, 2.24) is 4.98 Å². The Hall–Kier alpha value is -4.17. The third-order valence-electron chi connectivity index (χ3n) is 4.81. The van der Waals surface area contributed by atoms with E-state index in [2.05, 4.69) is 15.6 Å². The molecule has 1 aromatic heterocycles. The van der Waals surface area contributed by atoms with Gasteiger partial charge in [-0.25, -0.2) is 4.79 Å². The number of aromatic nitrogens is 1. The molecule has 9 heteroatoms. The topological polar surface area (TPSA) is 108 Å². The summed E-state index contributed by atoms with van der Waals surface area (Å²) in [6.07, 6.45) is 1.66. The van der Waals surface area contributed by atoms with Gasteiger partial charge >= 0.3 is 6.03 Å². The molecular formula is C24H21ClN4O4. The normalized spacial score (nSPS) is 10.5. The number of nitrogens with zero attached hydrogens (tertiary/aromatic N) is 1. The second-order valence-electron chi connectivity index (χ2n) is 6.97. The molecule has 3 aromatic carbocycles. The summed E-state index contributed by atoms with van der Waals surface area (Å²) in [7, 11) is 3.15. The van der Waals surface area contributed by atoms with E-state index in [1.807, 2.05) is 6.07 Å². The number of nitrogens with one attached hydrogen (secondary N) is 2.